The van der Waals surface area contributed by atoms with Crippen molar-refractivity contribution in [2.45, 2.75) is 25.9 Å². The predicted octanol–water partition coefficient (Wildman–Crippen LogP) is 2.35. The van der Waals surface area contributed by atoms with Crippen molar-refractivity contribution in [1.29, 1.82) is 0 Å². The van der Waals surface area contributed by atoms with Crippen molar-refractivity contribution in [3.8, 4) is 5.75 Å². The van der Waals surface area contributed by atoms with Crippen molar-refractivity contribution in [2.75, 3.05) is 6.54 Å². The van der Waals surface area contributed by atoms with Gasteiger partial charge in [0, 0.05) is 12.1 Å². The quantitative estimate of drug-likeness (QED) is 0.767. The van der Waals surface area contributed by atoms with Gasteiger partial charge < -0.3 is 15.5 Å². The summed E-state index contributed by atoms with van der Waals surface area (Å²) in [5.41, 5.74) is 2.46. The first kappa shape index (κ1) is 16.0. The number of aromatic hydroxyl groups is 1. The monoisotopic (exact) mass is 299 g/mol. The zero-order valence-corrected chi connectivity index (χ0v) is 12.6. The Morgan fingerprint density at radius 3 is 2.59 bits per heavy atom. The number of aliphatic hydroxyl groups excluding tert-OH is 1. The van der Waals surface area contributed by atoms with E-state index in [0.29, 0.717) is 18.5 Å². The highest BCUT2D eigenvalue weighted by molar-refractivity contribution is 5.83. The van der Waals surface area contributed by atoms with Crippen molar-refractivity contribution < 1.29 is 15.0 Å². The lowest BCUT2D eigenvalue weighted by Gasteiger charge is -2.13. The average Bonchev–Trinajstić information content (AvgIpc) is 2.56. The van der Waals surface area contributed by atoms with E-state index >= 15 is 0 Å². The molecule has 0 saturated carbocycles. The van der Waals surface area contributed by atoms with E-state index in [1.807, 2.05) is 37.3 Å². The van der Waals surface area contributed by atoms with Crippen molar-refractivity contribution in [1.82, 2.24) is 5.32 Å². The number of hydrogen-bond donors (Lipinski definition) is 3. The molecule has 22 heavy (non-hydrogen) atoms. The van der Waals surface area contributed by atoms with E-state index in [-0.39, 0.29) is 24.2 Å². The maximum absolute atomic E-state index is 12.1. The third kappa shape index (κ3) is 4.09. The molecule has 3 N–H and O–H groups in total. The molecule has 0 aliphatic heterocycles. The van der Waals surface area contributed by atoms with Gasteiger partial charge in [-0.05, 0) is 36.6 Å². The Balaban J connectivity index is 1.87. The number of phenols is 1. The summed E-state index contributed by atoms with van der Waals surface area (Å²) >= 11 is 0. The van der Waals surface area contributed by atoms with Gasteiger partial charge in [-0.25, -0.2) is 0 Å². The van der Waals surface area contributed by atoms with Crippen LogP contribution in [0.15, 0.2) is 48.5 Å². The molecule has 2 aromatic carbocycles. The van der Waals surface area contributed by atoms with Gasteiger partial charge in [-0.15, -0.1) is 0 Å². The van der Waals surface area contributed by atoms with Crippen LogP contribution in [0.3, 0.4) is 0 Å². The molecule has 0 saturated heterocycles. The Morgan fingerprint density at radius 1 is 1.18 bits per heavy atom. The van der Waals surface area contributed by atoms with Gasteiger partial charge in [0.15, 0.2) is 0 Å². The maximum Gasteiger partial charge on any atom is 0.227 e. The molecule has 0 fully saturated rings. The van der Waals surface area contributed by atoms with Crippen molar-refractivity contribution in [2.24, 2.45) is 0 Å². The zero-order chi connectivity index (χ0) is 15.9. The largest absolute Gasteiger partial charge is 0.508 e. The van der Waals surface area contributed by atoms with Crippen LogP contribution in [0, 0.1) is 0 Å². The standard InChI is InChI=1S/C18H21NO3/c1-13(15-5-3-2-4-6-15)18(22)19-10-9-14-7-8-17(21)16(11-14)12-20/h2-8,11,13,20-21H,9-10,12H2,1H3,(H,19,22). The molecule has 2 aromatic rings. The molecule has 0 aliphatic rings. The molecule has 0 aromatic heterocycles. The van der Waals surface area contributed by atoms with Crippen molar-refractivity contribution in [3.63, 3.8) is 0 Å². The van der Waals surface area contributed by atoms with Gasteiger partial charge in [0.05, 0.1) is 12.5 Å². The second-order valence-corrected chi connectivity index (χ2v) is 5.29. The fourth-order valence-corrected chi connectivity index (χ4v) is 2.30. The van der Waals surface area contributed by atoms with E-state index < -0.39 is 0 Å². The van der Waals surface area contributed by atoms with Gasteiger partial charge in [0.25, 0.3) is 0 Å². The first-order chi connectivity index (χ1) is 10.6. The number of carbonyl (C=O) groups excluding carboxylic acids is 1. The minimum atomic E-state index is -0.197. The Kier molecular flexibility index (Phi) is 5.55. The Labute approximate surface area is 130 Å². The SMILES string of the molecule is CC(C(=O)NCCc1ccc(O)c(CO)c1)c1ccccc1. The minimum absolute atomic E-state index is 0.00707. The highest BCUT2D eigenvalue weighted by atomic mass is 16.3. The smallest absolute Gasteiger partial charge is 0.227 e. The lowest BCUT2D eigenvalue weighted by Crippen LogP contribution is -2.29. The summed E-state index contributed by atoms with van der Waals surface area (Å²) in [6.07, 6.45) is 0.653. The highest BCUT2D eigenvalue weighted by Gasteiger charge is 2.14. The summed E-state index contributed by atoms with van der Waals surface area (Å²) in [4.78, 5) is 12.1. The third-order valence-electron chi connectivity index (χ3n) is 3.72. The van der Waals surface area contributed by atoms with Crippen LogP contribution in [0.1, 0.15) is 29.5 Å². The summed E-state index contributed by atoms with van der Waals surface area (Å²) in [7, 11) is 0. The molecule has 4 nitrogen and oxygen atoms in total. The van der Waals surface area contributed by atoms with Crippen LogP contribution in [0.2, 0.25) is 0 Å². The van der Waals surface area contributed by atoms with Gasteiger partial charge in [-0.2, -0.15) is 0 Å². The number of rotatable bonds is 6. The van der Waals surface area contributed by atoms with Crippen LogP contribution in [-0.4, -0.2) is 22.7 Å². The molecular weight excluding hydrogens is 278 g/mol. The van der Waals surface area contributed by atoms with E-state index in [4.69, 9.17) is 5.11 Å². The number of nitrogens with one attached hydrogen (secondary N) is 1. The Hall–Kier alpha value is -2.33. The summed E-state index contributed by atoms with van der Waals surface area (Å²) in [6.45, 7) is 2.21. The van der Waals surface area contributed by atoms with E-state index in [9.17, 15) is 9.90 Å². The lowest BCUT2D eigenvalue weighted by molar-refractivity contribution is -0.122. The average molecular weight is 299 g/mol. The van der Waals surface area contributed by atoms with Crippen LogP contribution >= 0.6 is 0 Å². The second kappa shape index (κ2) is 7.61. The summed E-state index contributed by atoms with van der Waals surface area (Å²) in [5.74, 6) is -0.102. The maximum atomic E-state index is 12.1. The van der Waals surface area contributed by atoms with Crippen molar-refractivity contribution >= 4 is 5.91 Å². The normalized spacial score (nSPS) is 11.9. The molecule has 0 spiro atoms. The fraction of sp³-hybridized carbons (Fsp3) is 0.278. The van der Waals surface area contributed by atoms with Crippen LogP contribution in [-0.2, 0) is 17.8 Å². The highest BCUT2D eigenvalue weighted by Crippen LogP contribution is 2.18. The molecule has 1 amide bonds. The van der Waals surface area contributed by atoms with Crippen LogP contribution in [0.4, 0.5) is 0 Å². The number of hydrogen-bond acceptors (Lipinski definition) is 3. The van der Waals surface area contributed by atoms with Crippen LogP contribution in [0.5, 0.6) is 5.75 Å². The van der Waals surface area contributed by atoms with E-state index in [1.165, 1.54) is 0 Å². The number of amides is 1. The molecule has 0 radical (unpaired) electrons. The predicted molar refractivity (Wildman–Crippen MR) is 85.6 cm³/mol. The van der Waals surface area contributed by atoms with E-state index in [0.717, 1.165) is 11.1 Å². The second-order valence-electron chi connectivity index (χ2n) is 5.29. The van der Waals surface area contributed by atoms with Gasteiger partial charge in [0.2, 0.25) is 5.91 Å². The Bertz CT molecular complexity index is 625. The number of benzene rings is 2. The molecule has 116 valence electrons. The number of aliphatic hydroxyl groups is 1. The molecule has 4 heteroatoms. The Morgan fingerprint density at radius 2 is 1.91 bits per heavy atom. The van der Waals surface area contributed by atoms with E-state index in [2.05, 4.69) is 5.32 Å². The van der Waals surface area contributed by atoms with E-state index in [1.54, 1.807) is 18.2 Å². The van der Waals surface area contributed by atoms with Gasteiger partial charge in [-0.1, -0.05) is 36.4 Å². The topological polar surface area (TPSA) is 69.6 Å². The van der Waals surface area contributed by atoms with Gasteiger partial charge in [-0.3, -0.25) is 4.79 Å². The molecular formula is C18H21NO3. The third-order valence-corrected chi connectivity index (χ3v) is 3.72. The molecule has 0 aliphatic carbocycles. The molecule has 1 unspecified atom stereocenters. The summed E-state index contributed by atoms with van der Waals surface area (Å²) < 4.78 is 0. The van der Waals surface area contributed by atoms with Gasteiger partial charge >= 0.3 is 0 Å². The van der Waals surface area contributed by atoms with Crippen molar-refractivity contribution in [3.05, 3.63) is 65.2 Å². The first-order valence-electron chi connectivity index (χ1n) is 7.36. The fourth-order valence-electron chi connectivity index (χ4n) is 2.30. The molecule has 2 rings (SSSR count). The lowest BCUT2D eigenvalue weighted by atomic mass is 10.0. The van der Waals surface area contributed by atoms with Crippen LogP contribution in [0.25, 0.3) is 0 Å². The zero-order valence-electron chi connectivity index (χ0n) is 12.6. The minimum Gasteiger partial charge on any atom is -0.508 e. The van der Waals surface area contributed by atoms with Crippen LogP contribution < -0.4 is 5.32 Å². The van der Waals surface area contributed by atoms with Gasteiger partial charge in [0.1, 0.15) is 5.75 Å². The molecule has 1 atom stereocenters. The first-order valence-corrected chi connectivity index (χ1v) is 7.36. The molecule has 0 bridgehead atoms. The molecule has 0 heterocycles. The number of carbonyl (C=O) groups is 1. The summed E-state index contributed by atoms with van der Waals surface area (Å²) in [5, 5.41) is 21.6. The summed E-state index contributed by atoms with van der Waals surface area (Å²) in [6, 6.07) is 14.8.